The van der Waals surface area contributed by atoms with E-state index in [4.69, 9.17) is 5.11 Å². The zero-order chi connectivity index (χ0) is 18.4. The van der Waals surface area contributed by atoms with Gasteiger partial charge in [-0.2, -0.15) is 0 Å². The van der Waals surface area contributed by atoms with E-state index in [0.29, 0.717) is 11.4 Å². The molecule has 0 unspecified atom stereocenters. The number of aliphatic imine (C=N–C) groups is 2. The SMILES string of the molecule is Cc1cccc(N=Cc2cccc(C=Nc3cccc(C(=O)O)c3)n2)c1. The number of carboxylic acid groups (broad SMARTS) is 1. The summed E-state index contributed by atoms with van der Waals surface area (Å²) in [5, 5.41) is 9.02. The maximum absolute atomic E-state index is 11.0. The molecule has 2 aromatic carbocycles. The first-order valence-electron chi connectivity index (χ1n) is 8.05. The largest absolute Gasteiger partial charge is 0.478 e. The molecular formula is C21H17N3O2. The molecule has 5 heteroatoms. The topological polar surface area (TPSA) is 74.9 Å². The van der Waals surface area contributed by atoms with Crippen molar-refractivity contribution in [2.24, 2.45) is 9.98 Å². The lowest BCUT2D eigenvalue weighted by atomic mass is 10.2. The van der Waals surface area contributed by atoms with Crippen LogP contribution in [0.2, 0.25) is 0 Å². The fourth-order valence-corrected chi connectivity index (χ4v) is 2.32. The number of hydrogen-bond acceptors (Lipinski definition) is 4. The number of benzene rings is 2. The molecular weight excluding hydrogens is 326 g/mol. The third-order valence-corrected chi connectivity index (χ3v) is 3.58. The first-order chi connectivity index (χ1) is 12.6. The highest BCUT2D eigenvalue weighted by Gasteiger charge is 2.02. The number of aromatic carboxylic acids is 1. The van der Waals surface area contributed by atoms with Crippen molar-refractivity contribution in [2.45, 2.75) is 6.92 Å². The summed E-state index contributed by atoms with van der Waals surface area (Å²) in [5.41, 5.74) is 4.17. The minimum Gasteiger partial charge on any atom is -0.478 e. The standard InChI is InChI=1S/C21H17N3O2/c1-15-5-2-7-17(11-15)22-13-19-9-4-10-20(24-19)14-23-18-8-3-6-16(12-18)21(25)26/h2-14H,1H3,(H,25,26). The Bertz CT molecular complexity index is 994. The molecule has 1 N–H and O–H groups in total. The predicted octanol–water partition coefficient (Wildman–Crippen LogP) is 4.59. The van der Waals surface area contributed by atoms with Crippen molar-refractivity contribution in [2.75, 3.05) is 0 Å². The van der Waals surface area contributed by atoms with Crippen LogP contribution < -0.4 is 0 Å². The molecule has 0 atom stereocenters. The number of aryl methyl sites for hydroxylation is 1. The Morgan fingerprint density at radius 1 is 0.885 bits per heavy atom. The molecule has 1 aromatic heterocycles. The molecule has 0 amide bonds. The Hall–Kier alpha value is -3.60. The van der Waals surface area contributed by atoms with E-state index in [0.717, 1.165) is 16.9 Å². The summed E-state index contributed by atoms with van der Waals surface area (Å²) in [7, 11) is 0. The third kappa shape index (κ3) is 4.70. The molecule has 0 spiro atoms. The molecule has 0 bridgehead atoms. The van der Waals surface area contributed by atoms with Gasteiger partial charge in [-0.05, 0) is 55.0 Å². The summed E-state index contributed by atoms with van der Waals surface area (Å²) < 4.78 is 0. The molecule has 3 rings (SSSR count). The van der Waals surface area contributed by atoms with Gasteiger partial charge in [-0.25, -0.2) is 9.78 Å². The lowest BCUT2D eigenvalue weighted by molar-refractivity contribution is 0.0697. The van der Waals surface area contributed by atoms with Gasteiger partial charge in [0.1, 0.15) is 0 Å². The van der Waals surface area contributed by atoms with Gasteiger partial charge in [-0.1, -0.05) is 24.3 Å². The van der Waals surface area contributed by atoms with E-state index in [1.165, 1.54) is 12.1 Å². The zero-order valence-corrected chi connectivity index (χ0v) is 14.2. The maximum atomic E-state index is 11.0. The van der Waals surface area contributed by atoms with Crippen LogP contribution in [0.3, 0.4) is 0 Å². The third-order valence-electron chi connectivity index (χ3n) is 3.58. The normalized spacial score (nSPS) is 11.3. The minimum atomic E-state index is -0.977. The van der Waals surface area contributed by atoms with Crippen molar-refractivity contribution in [3.8, 4) is 0 Å². The Morgan fingerprint density at radius 2 is 1.46 bits per heavy atom. The van der Waals surface area contributed by atoms with Crippen LogP contribution in [0, 0.1) is 6.92 Å². The quantitative estimate of drug-likeness (QED) is 0.689. The minimum absolute atomic E-state index is 0.201. The molecule has 5 nitrogen and oxygen atoms in total. The van der Waals surface area contributed by atoms with E-state index in [1.807, 2.05) is 49.4 Å². The van der Waals surface area contributed by atoms with Crippen LogP contribution in [0.1, 0.15) is 27.3 Å². The molecule has 0 aliphatic rings. The first kappa shape index (κ1) is 17.2. The van der Waals surface area contributed by atoms with Crippen molar-refractivity contribution in [1.82, 2.24) is 4.98 Å². The molecule has 0 radical (unpaired) electrons. The van der Waals surface area contributed by atoms with E-state index in [-0.39, 0.29) is 5.56 Å². The molecule has 3 aromatic rings. The molecule has 26 heavy (non-hydrogen) atoms. The summed E-state index contributed by atoms with van der Waals surface area (Å²) in [6.45, 7) is 2.02. The number of pyridine rings is 1. The molecule has 0 aliphatic carbocycles. The van der Waals surface area contributed by atoms with E-state index in [9.17, 15) is 4.79 Å². The van der Waals surface area contributed by atoms with Gasteiger partial charge >= 0.3 is 5.97 Å². The van der Waals surface area contributed by atoms with Crippen LogP contribution in [0.4, 0.5) is 11.4 Å². The lowest BCUT2D eigenvalue weighted by Crippen LogP contribution is -1.95. The van der Waals surface area contributed by atoms with Crippen LogP contribution in [0.5, 0.6) is 0 Å². The Morgan fingerprint density at radius 3 is 2.08 bits per heavy atom. The number of carboxylic acids is 1. The monoisotopic (exact) mass is 343 g/mol. The Balaban J connectivity index is 1.77. The number of hydrogen-bond donors (Lipinski definition) is 1. The highest BCUT2D eigenvalue weighted by molar-refractivity contribution is 5.89. The highest BCUT2D eigenvalue weighted by atomic mass is 16.4. The van der Waals surface area contributed by atoms with Gasteiger partial charge in [0, 0.05) is 0 Å². The van der Waals surface area contributed by atoms with Gasteiger partial charge in [0.2, 0.25) is 0 Å². The van der Waals surface area contributed by atoms with Gasteiger partial charge in [0.25, 0.3) is 0 Å². The van der Waals surface area contributed by atoms with E-state index < -0.39 is 5.97 Å². The Labute approximate surface area is 151 Å². The summed E-state index contributed by atoms with van der Waals surface area (Å²) in [6.07, 6.45) is 3.31. The number of nitrogens with zero attached hydrogens (tertiary/aromatic N) is 3. The number of aromatic nitrogens is 1. The van der Waals surface area contributed by atoms with Crippen molar-refractivity contribution in [3.63, 3.8) is 0 Å². The number of rotatable bonds is 5. The summed E-state index contributed by atoms with van der Waals surface area (Å²) in [6, 6.07) is 19.9. The van der Waals surface area contributed by atoms with Crippen LogP contribution in [0.15, 0.2) is 76.7 Å². The van der Waals surface area contributed by atoms with Crippen molar-refractivity contribution >= 4 is 29.8 Å². The summed E-state index contributed by atoms with van der Waals surface area (Å²) in [4.78, 5) is 24.2. The van der Waals surface area contributed by atoms with Gasteiger partial charge in [0.05, 0.1) is 40.8 Å². The fraction of sp³-hybridized carbons (Fsp3) is 0.0476. The second-order valence-electron chi connectivity index (χ2n) is 5.70. The van der Waals surface area contributed by atoms with Gasteiger partial charge in [0.15, 0.2) is 0 Å². The van der Waals surface area contributed by atoms with Crippen LogP contribution in [0.25, 0.3) is 0 Å². The molecule has 0 fully saturated rings. The smallest absolute Gasteiger partial charge is 0.335 e. The van der Waals surface area contributed by atoms with Crippen LogP contribution >= 0.6 is 0 Å². The second-order valence-corrected chi connectivity index (χ2v) is 5.70. The zero-order valence-electron chi connectivity index (χ0n) is 14.2. The summed E-state index contributed by atoms with van der Waals surface area (Å²) >= 11 is 0. The molecule has 0 saturated carbocycles. The van der Waals surface area contributed by atoms with Crippen molar-refractivity contribution in [3.05, 3.63) is 89.2 Å². The second kappa shape index (κ2) is 7.98. The molecule has 1 heterocycles. The lowest BCUT2D eigenvalue weighted by Gasteiger charge is -1.98. The van der Waals surface area contributed by atoms with E-state index >= 15 is 0 Å². The first-order valence-corrected chi connectivity index (χ1v) is 8.05. The van der Waals surface area contributed by atoms with Gasteiger partial charge in [-0.15, -0.1) is 0 Å². The van der Waals surface area contributed by atoms with Crippen molar-refractivity contribution < 1.29 is 9.90 Å². The average molecular weight is 343 g/mol. The average Bonchev–Trinajstić information content (AvgIpc) is 2.65. The molecule has 0 saturated heterocycles. The highest BCUT2D eigenvalue weighted by Crippen LogP contribution is 2.15. The fourth-order valence-electron chi connectivity index (χ4n) is 2.32. The van der Waals surface area contributed by atoms with E-state index in [2.05, 4.69) is 15.0 Å². The molecule has 128 valence electrons. The molecule has 0 aliphatic heterocycles. The van der Waals surface area contributed by atoms with Crippen LogP contribution in [-0.2, 0) is 0 Å². The van der Waals surface area contributed by atoms with Gasteiger partial charge in [-0.3, -0.25) is 9.98 Å². The predicted molar refractivity (Wildman–Crippen MR) is 103 cm³/mol. The number of carbonyl (C=O) groups is 1. The maximum Gasteiger partial charge on any atom is 0.335 e. The van der Waals surface area contributed by atoms with E-state index in [1.54, 1.807) is 24.6 Å². The van der Waals surface area contributed by atoms with Crippen LogP contribution in [-0.4, -0.2) is 28.5 Å². The summed E-state index contributed by atoms with van der Waals surface area (Å²) in [5.74, 6) is -0.977. The van der Waals surface area contributed by atoms with Gasteiger partial charge < -0.3 is 5.11 Å². The van der Waals surface area contributed by atoms with Crippen molar-refractivity contribution in [1.29, 1.82) is 0 Å². The Kier molecular flexibility index (Phi) is 5.29.